The summed E-state index contributed by atoms with van der Waals surface area (Å²) in [7, 11) is 0. The molecule has 1 aromatic carbocycles. The van der Waals surface area contributed by atoms with Crippen LogP contribution in [-0.2, 0) is 4.74 Å². The van der Waals surface area contributed by atoms with Crippen molar-refractivity contribution in [3.8, 4) is 0 Å². The zero-order valence-electron chi connectivity index (χ0n) is 8.95. The fourth-order valence-electron chi connectivity index (χ4n) is 1.10. The van der Waals surface area contributed by atoms with Gasteiger partial charge in [-0.3, -0.25) is 10.1 Å². The lowest BCUT2D eigenvalue weighted by Gasteiger charge is -2.10. The van der Waals surface area contributed by atoms with Crippen LogP contribution < -0.4 is 11.1 Å². The van der Waals surface area contributed by atoms with Crippen molar-refractivity contribution in [3.63, 3.8) is 0 Å². The third-order valence-electron chi connectivity index (χ3n) is 1.80. The number of amides is 2. The van der Waals surface area contributed by atoms with Crippen molar-refractivity contribution in [2.24, 2.45) is 5.73 Å². The van der Waals surface area contributed by atoms with Gasteiger partial charge in [0.2, 0.25) is 0 Å². The van der Waals surface area contributed by atoms with E-state index in [2.05, 4.69) is 4.74 Å². The molecule has 18 heavy (non-hydrogen) atoms. The highest BCUT2D eigenvalue weighted by atomic mass is 19.4. The molecular weight excluding hydrogens is 253 g/mol. The van der Waals surface area contributed by atoms with E-state index in [-0.39, 0.29) is 11.3 Å². The van der Waals surface area contributed by atoms with Crippen molar-refractivity contribution in [1.82, 2.24) is 0 Å². The van der Waals surface area contributed by atoms with Crippen LogP contribution in [0.1, 0.15) is 10.4 Å². The van der Waals surface area contributed by atoms with Crippen LogP contribution in [0.3, 0.4) is 0 Å². The molecule has 3 N–H and O–H groups in total. The second-order valence-electron chi connectivity index (χ2n) is 3.23. The Hall–Kier alpha value is -2.25. The van der Waals surface area contributed by atoms with E-state index in [1.54, 1.807) is 0 Å². The van der Waals surface area contributed by atoms with Crippen molar-refractivity contribution in [1.29, 1.82) is 0 Å². The van der Waals surface area contributed by atoms with Gasteiger partial charge in [-0.25, -0.2) is 4.79 Å². The van der Waals surface area contributed by atoms with E-state index >= 15 is 0 Å². The molecule has 0 heterocycles. The van der Waals surface area contributed by atoms with Crippen LogP contribution in [-0.4, -0.2) is 24.8 Å². The Balaban J connectivity index is 2.68. The van der Waals surface area contributed by atoms with Crippen LogP contribution in [0.4, 0.5) is 23.7 Å². The number of hydrogen-bond donors (Lipinski definition) is 2. The molecule has 8 heteroatoms. The molecule has 0 saturated heterocycles. The fraction of sp³-hybridized carbons (Fsp3) is 0.200. The Morgan fingerprint density at radius 1 is 1.28 bits per heavy atom. The van der Waals surface area contributed by atoms with Gasteiger partial charge in [-0.05, 0) is 12.1 Å². The van der Waals surface area contributed by atoms with Crippen molar-refractivity contribution in [3.05, 3.63) is 29.8 Å². The summed E-state index contributed by atoms with van der Waals surface area (Å²) < 4.78 is 39.3. The largest absolute Gasteiger partial charge is 0.440 e. The Bertz CT molecular complexity index is 460. The van der Waals surface area contributed by atoms with E-state index in [1.807, 2.05) is 5.32 Å². The smallest absolute Gasteiger partial charge is 0.422 e. The lowest BCUT2D eigenvalue weighted by atomic mass is 10.1. The number of halogens is 3. The fourth-order valence-corrected chi connectivity index (χ4v) is 1.10. The van der Waals surface area contributed by atoms with Crippen LogP contribution in [0.2, 0.25) is 0 Å². The van der Waals surface area contributed by atoms with Crippen LogP contribution in [0.25, 0.3) is 0 Å². The minimum atomic E-state index is -4.61. The van der Waals surface area contributed by atoms with E-state index in [9.17, 15) is 22.8 Å². The number of benzene rings is 1. The standard InChI is InChI=1S/C10H9F3N2O3/c11-10(12,13)5-18-9(17)15-7-4-2-1-3-6(7)8(14)16/h1-4H,5H2,(H2,14,16)(H,15,17). The number of carbonyl (C=O) groups is 2. The number of ether oxygens (including phenoxy) is 1. The zero-order valence-corrected chi connectivity index (χ0v) is 8.95. The number of alkyl halides is 3. The molecule has 0 aromatic heterocycles. The lowest BCUT2D eigenvalue weighted by molar-refractivity contribution is -0.159. The van der Waals surface area contributed by atoms with Gasteiger partial charge in [-0.2, -0.15) is 13.2 Å². The predicted octanol–water partition coefficient (Wildman–Crippen LogP) is 1.90. The van der Waals surface area contributed by atoms with Gasteiger partial charge in [-0.15, -0.1) is 0 Å². The van der Waals surface area contributed by atoms with Crippen molar-refractivity contribution < 1.29 is 27.5 Å². The molecule has 1 aromatic rings. The van der Waals surface area contributed by atoms with Crippen molar-refractivity contribution >= 4 is 17.7 Å². The topological polar surface area (TPSA) is 81.4 Å². The highest BCUT2D eigenvalue weighted by Crippen LogP contribution is 2.17. The van der Waals surface area contributed by atoms with Crippen molar-refractivity contribution in [2.75, 3.05) is 11.9 Å². The maximum atomic E-state index is 11.8. The average molecular weight is 262 g/mol. The zero-order chi connectivity index (χ0) is 13.8. The van der Waals surface area contributed by atoms with Crippen LogP contribution in [0, 0.1) is 0 Å². The van der Waals surface area contributed by atoms with E-state index in [1.165, 1.54) is 24.3 Å². The molecule has 98 valence electrons. The molecule has 0 aliphatic heterocycles. The monoisotopic (exact) mass is 262 g/mol. The molecule has 0 atom stereocenters. The molecule has 2 amide bonds. The molecule has 0 unspecified atom stereocenters. The summed E-state index contributed by atoms with van der Waals surface area (Å²) in [6, 6.07) is 5.61. The minimum Gasteiger partial charge on any atom is -0.440 e. The maximum Gasteiger partial charge on any atom is 0.422 e. The normalized spacial score (nSPS) is 10.8. The second kappa shape index (κ2) is 5.39. The summed E-state index contributed by atoms with van der Waals surface area (Å²) in [4.78, 5) is 22.0. The molecule has 0 spiro atoms. The van der Waals surface area contributed by atoms with Gasteiger partial charge in [0, 0.05) is 0 Å². The Morgan fingerprint density at radius 2 is 1.89 bits per heavy atom. The van der Waals surface area contributed by atoms with E-state index in [0.29, 0.717) is 0 Å². The number of anilines is 1. The van der Waals surface area contributed by atoms with Gasteiger partial charge in [-0.1, -0.05) is 12.1 Å². The molecule has 0 saturated carbocycles. The Kier molecular flexibility index (Phi) is 4.13. The molecule has 5 nitrogen and oxygen atoms in total. The van der Waals surface area contributed by atoms with E-state index in [4.69, 9.17) is 5.73 Å². The molecule has 1 rings (SSSR count). The highest BCUT2D eigenvalue weighted by molar-refractivity contribution is 6.01. The molecule has 0 fully saturated rings. The first-order chi connectivity index (χ1) is 8.29. The third kappa shape index (κ3) is 4.32. The first kappa shape index (κ1) is 13.8. The summed E-state index contributed by atoms with van der Waals surface area (Å²) in [6.45, 7) is -1.71. The number of para-hydroxylation sites is 1. The van der Waals surface area contributed by atoms with E-state index in [0.717, 1.165) is 0 Å². The summed E-state index contributed by atoms with van der Waals surface area (Å²) in [5.41, 5.74) is 4.98. The lowest BCUT2D eigenvalue weighted by Crippen LogP contribution is -2.24. The highest BCUT2D eigenvalue weighted by Gasteiger charge is 2.29. The van der Waals surface area contributed by atoms with Crippen LogP contribution in [0.15, 0.2) is 24.3 Å². The van der Waals surface area contributed by atoms with Gasteiger partial charge in [0.05, 0.1) is 11.3 Å². The Morgan fingerprint density at radius 3 is 2.44 bits per heavy atom. The first-order valence-corrected chi connectivity index (χ1v) is 4.69. The molecule has 0 aliphatic rings. The number of rotatable bonds is 3. The van der Waals surface area contributed by atoms with Crippen LogP contribution >= 0.6 is 0 Å². The molecule has 0 bridgehead atoms. The summed E-state index contributed by atoms with van der Waals surface area (Å²) in [5, 5.41) is 2.00. The Labute approximate surface area is 99.7 Å². The summed E-state index contributed by atoms with van der Waals surface area (Å²) in [6.07, 6.45) is -5.93. The minimum absolute atomic E-state index is 0.0165. The number of primary amides is 1. The molecule has 0 aliphatic carbocycles. The van der Waals surface area contributed by atoms with E-state index < -0.39 is 24.8 Å². The van der Waals surface area contributed by atoms with Gasteiger partial charge in [0.25, 0.3) is 5.91 Å². The molecular formula is C10H9F3N2O3. The quantitative estimate of drug-likeness (QED) is 0.872. The van der Waals surface area contributed by atoms with Crippen LogP contribution in [0.5, 0.6) is 0 Å². The number of hydrogen-bond acceptors (Lipinski definition) is 3. The predicted molar refractivity (Wildman–Crippen MR) is 56.0 cm³/mol. The number of nitrogens with one attached hydrogen (secondary N) is 1. The number of carbonyl (C=O) groups excluding carboxylic acids is 2. The van der Waals surface area contributed by atoms with Gasteiger partial charge in [0.15, 0.2) is 6.61 Å². The first-order valence-electron chi connectivity index (χ1n) is 4.69. The SMILES string of the molecule is NC(=O)c1ccccc1NC(=O)OCC(F)(F)F. The third-order valence-corrected chi connectivity index (χ3v) is 1.80. The maximum absolute atomic E-state index is 11.8. The van der Waals surface area contributed by atoms with Gasteiger partial charge >= 0.3 is 12.3 Å². The van der Waals surface area contributed by atoms with Crippen molar-refractivity contribution in [2.45, 2.75) is 6.18 Å². The average Bonchev–Trinajstić information content (AvgIpc) is 2.26. The van der Waals surface area contributed by atoms with Gasteiger partial charge in [0.1, 0.15) is 0 Å². The summed E-state index contributed by atoms with van der Waals surface area (Å²) in [5.74, 6) is -0.818. The summed E-state index contributed by atoms with van der Waals surface area (Å²) >= 11 is 0. The molecule has 0 radical (unpaired) electrons. The van der Waals surface area contributed by atoms with Gasteiger partial charge < -0.3 is 10.5 Å². The number of nitrogens with two attached hydrogens (primary N) is 1. The second-order valence-corrected chi connectivity index (χ2v) is 3.23.